The van der Waals surface area contributed by atoms with E-state index in [0.29, 0.717) is 42.0 Å². The second-order valence-corrected chi connectivity index (χ2v) is 8.44. The van der Waals surface area contributed by atoms with Crippen molar-refractivity contribution in [3.05, 3.63) is 54.0 Å². The van der Waals surface area contributed by atoms with Crippen LogP contribution in [0.15, 0.2) is 57.0 Å². The fraction of sp³-hybridized carbons (Fsp3) is 0.316. The first-order valence-electron chi connectivity index (χ1n) is 9.14. The molecule has 0 aliphatic rings. The summed E-state index contributed by atoms with van der Waals surface area (Å²) in [5.41, 5.74) is 1.05. The van der Waals surface area contributed by atoms with E-state index in [4.69, 9.17) is 4.42 Å². The lowest BCUT2D eigenvalue weighted by molar-refractivity contribution is 0.577. The maximum Gasteiger partial charge on any atom is 0.216 e. The zero-order chi connectivity index (χ0) is 20.7. The molecule has 0 spiro atoms. The van der Waals surface area contributed by atoms with E-state index >= 15 is 0 Å². The number of furan rings is 1. The van der Waals surface area contributed by atoms with Gasteiger partial charge in [-0.25, -0.2) is 13.4 Å². The molecule has 0 unspecified atom stereocenters. The highest BCUT2D eigenvalue weighted by molar-refractivity contribution is 7.90. The van der Waals surface area contributed by atoms with Gasteiger partial charge < -0.3 is 15.1 Å². The van der Waals surface area contributed by atoms with Gasteiger partial charge in [0.15, 0.2) is 21.6 Å². The third-order valence-corrected chi connectivity index (χ3v) is 5.34. The van der Waals surface area contributed by atoms with Gasteiger partial charge in [0.05, 0.1) is 11.2 Å². The molecule has 0 saturated carbocycles. The average molecular weight is 417 g/mol. The van der Waals surface area contributed by atoms with Crippen LogP contribution in [0, 0.1) is 0 Å². The second-order valence-electron chi connectivity index (χ2n) is 6.42. The van der Waals surface area contributed by atoms with E-state index in [1.807, 2.05) is 18.2 Å². The molecule has 9 nitrogen and oxygen atoms in total. The minimum atomic E-state index is -3.16. The lowest BCUT2D eigenvalue weighted by Gasteiger charge is -2.11. The monoisotopic (exact) mass is 416 g/mol. The second kappa shape index (κ2) is 9.37. The molecule has 1 aromatic carbocycles. The predicted octanol–water partition coefficient (Wildman–Crippen LogP) is 1.42. The molecule has 2 aromatic heterocycles. The molecule has 3 N–H and O–H groups in total. The standard InChI is InChI=1S/C19H24N6O3S/c1-20-19(21-11-9-14-5-7-15(8-6-14)29(2,26)27)22-12-10-17-23-18(25-24-17)16-4-3-13-28-16/h3-8,13H,9-12H2,1-2H3,(H2,20,21,22)(H,23,24,25). The Labute approximate surface area is 169 Å². The van der Waals surface area contributed by atoms with Crippen molar-refractivity contribution in [2.45, 2.75) is 17.7 Å². The maximum absolute atomic E-state index is 11.5. The van der Waals surface area contributed by atoms with Gasteiger partial charge in [-0.3, -0.25) is 10.1 Å². The summed E-state index contributed by atoms with van der Waals surface area (Å²) in [4.78, 5) is 8.92. The van der Waals surface area contributed by atoms with Gasteiger partial charge in [0.1, 0.15) is 5.82 Å². The van der Waals surface area contributed by atoms with Gasteiger partial charge >= 0.3 is 0 Å². The minimum absolute atomic E-state index is 0.328. The highest BCUT2D eigenvalue weighted by atomic mass is 32.2. The van der Waals surface area contributed by atoms with Crippen molar-refractivity contribution in [2.75, 3.05) is 26.4 Å². The van der Waals surface area contributed by atoms with Crippen molar-refractivity contribution < 1.29 is 12.8 Å². The molecule has 0 amide bonds. The molecular formula is C19H24N6O3S. The molecule has 0 saturated heterocycles. The van der Waals surface area contributed by atoms with Crippen LogP contribution < -0.4 is 10.6 Å². The van der Waals surface area contributed by atoms with Gasteiger partial charge in [-0.1, -0.05) is 12.1 Å². The molecular weight excluding hydrogens is 392 g/mol. The van der Waals surface area contributed by atoms with E-state index in [1.165, 1.54) is 6.26 Å². The largest absolute Gasteiger partial charge is 0.461 e. The first-order chi connectivity index (χ1) is 14.0. The number of hydrogen-bond donors (Lipinski definition) is 3. The summed E-state index contributed by atoms with van der Waals surface area (Å²) in [7, 11) is -1.46. The Balaban J connectivity index is 1.41. The molecule has 0 atom stereocenters. The first-order valence-corrected chi connectivity index (χ1v) is 11.0. The topological polar surface area (TPSA) is 125 Å². The number of nitrogens with one attached hydrogen (secondary N) is 3. The Morgan fingerprint density at radius 1 is 1.14 bits per heavy atom. The Morgan fingerprint density at radius 3 is 2.48 bits per heavy atom. The number of aliphatic imine (C=N–C) groups is 1. The van der Waals surface area contributed by atoms with Crippen LogP contribution in [0.25, 0.3) is 11.6 Å². The van der Waals surface area contributed by atoms with Gasteiger partial charge in [-0.15, -0.1) is 0 Å². The molecule has 3 aromatic rings. The SMILES string of the molecule is CN=C(NCCc1ccc(S(C)(=O)=O)cc1)NCCc1nc(-c2ccco2)n[nH]1. The van der Waals surface area contributed by atoms with Crippen LogP contribution in [0.5, 0.6) is 0 Å². The minimum Gasteiger partial charge on any atom is -0.461 e. The summed E-state index contributed by atoms with van der Waals surface area (Å²) in [6, 6.07) is 10.5. The van der Waals surface area contributed by atoms with Crippen molar-refractivity contribution in [3.63, 3.8) is 0 Å². The van der Waals surface area contributed by atoms with Crippen LogP contribution in [0.2, 0.25) is 0 Å². The molecule has 154 valence electrons. The van der Waals surface area contributed by atoms with Gasteiger partial charge in [0.2, 0.25) is 5.82 Å². The van der Waals surface area contributed by atoms with Crippen molar-refractivity contribution in [1.29, 1.82) is 0 Å². The number of nitrogens with zero attached hydrogens (tertiary/aromatic N) is 3. The first kappa shape index (κ1) is 20.6. The normalized spacial score (nSPS) is 12.1. The number of H-pyrrole nitrogens is 1. The van der Waals surface area contributed by atoms with Crippen molar-refractivity contribution in [1.82, 2.24) is 25.8 Å². The number of aromatic nitrogens is 3. The zero-order valence-corrected chi connectivity index (χ0v) is 17.2. The third kappa shape index (κ3) is 5.92. The van der Waals surface area contributed by atoms with E-state index < -0.39 is 9.84 Å². The number of guanidine groups is 1. The van der Waals surface area contributed by atoms with Crippen LogP contribution >= 0.6 is 0 Å². The molecule has 0 aliphatic heterocycles. The Kier molecular flexibility index (Phi) is 6.65. The summed E-state index contributed by atoms with van der Waals surface area (Å²) in [6.07, 6.45) is 4.19. The number of hydrogen-bond acceptors (Lipinski definition) is 6. The van der Waals surface area contributed by atoms with Crippen molar-refractivity contribution >= 4 is 15.8 Å². The molecule has 0 fully saturated rings. The van der Waals surface area contributed by atoms with Crippen molar-refractivity contribution in [3.8, 4) is 11.6 Å². The van der Waals surface area contributed by atoms with Crippen LogP contribution in [0.3, 0.4) is 0 Å². The summed E-state index contributed by atoms with van der Waals surface area (Å²) >= 11 is 0. The number of rotatable bonds is 8. The molecule has 2 heterocycles. The lowest BCUT2D eigenvalue weighted by atomic mass is 10.1. The van der Waals surface area contributed by atoms with E-state index in [2.05, 4.69) is 30.8 Å². The van der Waals surface area contributed by atoms with Crippen LogP contribution in [-0.2, 0) is 22.7 Å². The lowest BCUT2D eigenvalue weighted by Crippen LogP contribution is -2.39. The van der Waals surface area contributed by atoms with Gasteiger partial charge in [0, 0.05) is 32.8 Å². The van der Waals surface area contributed by atoms with Crippen LogP contribution in [0.1, 0.15) is 11.4 Å². The molecule has 3 rings (SSSR count). The highest BCUT2D eigenvalue weighted by Crippen LogP contribution is 2.14. The molecule has 10 heteroatoms. The predicted molar refractivity (Wildman–Crippen MR) is 110 cm³/mol. The molecule has 29 heavy (non-hydrogen) atoms. The van der Waals surface area contributed by atoms with E-state index in [0.717, 1.165) is 17.8 Å². The molecule has 0 aliphatic carbocycles. The van der Waals surface area contributed by atoms with E-state index in [9.17, 15) is 8.42 Å². The number of aromatic amines is 1. The van der Waals surface area contributed by atoms with Crippen molar-refractivity contribution in [2.24, 2.45) is 4.99 Å². The average Bonchev–Trinajstić information content (AvgIpc) is 3.38. The summed E-state index contributed by atoms with van der Waals surface area (Å²) < 4.78 is 28.3. The van der Waals surface area contributed by atoms with Gasteiger partial charge in [-0.2, -0.15) is 5.10 Å². The van der Waals surface area contributed by atoms with Gasteiger partial charge in [0.25, 0.3) is 0 Å². The van der Waals surface area contributed by atoms with Gasteiger partial charge in [-0.05, 0) is 36.2 Å². The highest BCUT2D eigenvalue weighted by Gasteiger charge is 2.08. The molecule has 0 bridgehead atoms. The fourth-order valence-corrected chi connectivity index (χ4v) is 3.30. The fourth-order valence-electron chi connectivity index (χ4n) is 2.67. The summed E-state index contributed by atoms with van der Waals surface area (Å²) in [6.45, 7) is 1.30. The summed E-state index contributed by atoms with van der Waals surface area (Å²) in [5.74, 6) is 2.60. The molecule has 0 radical (unpaired) electrons. The number of sulfone groups is 1. The Bertz CT molecular complexity index is 1040. The smallest absolute Gasteiger partial charge is 0.216 e. The third-order valence-electron chi connectivity index (χ3n) is 4.21. The van der Waals surface area contributed by atoms with Crippen LogP contribution in [-0.4, -0.2) is 56.0 Å². The van der Waals surface area contributed by atoms with Crippen LogP contribution in [0.4, 0.5) is 0 Å². The Hall–Kier alpha value is -3.14. The van der Waals surface area contributed by atoms with E-state index in [-0.39, 0.29) is 0 Å². The maximum atomic E-state index is 11.5. The Morgan fingerprint density at radius 2 is 1.86 bits per heavy atom. The van der Waals surface area contributed by atoms with E-state index in [1.54, 1.807) is 31.5 Å². The zero-order valence-electron chi connectivity index (χ0n) is 16.3. The number of benzene rings is 1. The quantitative estimate of drug-likeness (QED) is 0.374. The summed E-state index contributed by atoms with van der Waals surface area (Å²) in [5, 5.41) is 13.5.